The molecular formula is C32H44ClN7O3. The normalized spacial score (nSPS) is 24.2. The highest BCUT2D eigenvalue weighted by Crippen LogP contribution is 2.55. The Balaban J connectivity index is 1.09. The van der Waals surface area contributed by atoms with Crippen LogP contribution in [-0.4, -0.2) is 101 Å². The molecule has 1 aromatic carbocycles. The molecule has 0 radical (unpaired) electrons. The van der Waals surface area contributed by atoms with Crippen LogP contribution in [-0.2, 0) is 0 Å². The van der Waals surface area contributed by atoms with Gasteiger partial charge >= 0.3 is 0 Å². The molecule has 1 saturated carbocycles. The third kappa shape index (κ3) is 6.91. The number of piperidine rings is 1. The van der Waals surface area contributed by atoms with Crippen LogP contribution in [0.1, 0.15) is 62.9 Å². The second-order valence-electron chi connectivity index (χ2n) is 13.3. The number of amides is 1. The molecule has 43 heavy (non-hydrogen) atoms. The number of nitrogens with one attached hydrogen (secondary N) is 1. The minimum absolute atomic E-state index is 0.118. The van der Waals surface area contributed by atoms with Crippen molar-refractivity contribution in [1.82, 2.24) is 25.1 Å². The van der Waals surface area contributed by atoms with Gasteiger partial charge in [0.05, 0.1) is 22.3 Å². The molecule has 1 amide bonds. The van der Waals surface area contributed by atoms with Crippen LogP contribution in [0.5, 0.6) is 5.75 Å². The van der Waals surface area contributed by atoms with Crippen molar-refractivity contribution in [3.63, 3.8) is 0 Å². The second-order valence-corrected chi connectivity index (χ2v) is 13.7. The van der Waals surface area contributed by atoms with Gasteiger partial charge in [-0.25, -0.2) is 9.97 Å². The number of nitriles is 1. The molecule has 3 heterocycles. The molecule has 1 aromatic heterocycles. The van der Waals surface area contributed by atoms with Gasteiger partial charge in [0, 0.05) is 74.6 Å². The lowest BCUT2D eigenvalue weighted by atomic mass is 9.49. The highest BCUT2D eigenvalue weighted by Gasteiger charge is 2.64. The number of carbonyl (C=O) groups excluding carboxylic acids is 1. The first-order chi connectivity index (χ1) is 20.5. The molecule has 3 aliphatic rings. The lowest BCUT2D eigenvalue weighted by Gasteiger charge is -2.63. The molecule has 2 saturated heterocycles. The number of aliphatic hydroxyl groups excluding tert-OH is 1. The van der Waals surface area contributed by atoms with E-state index in [1.807, 2.05) is 0 Å². The fraction of sp³-hybridized carbons (Fsp3) is 0.625. The minimum Gasteiger partial charge on any atom is -0.489 e. The quantitative estimate of drug-likeness (QED) is 0.440. The van der Waals surface area contributed by atoms with Gasteiger partial charge in [0.25, 0.3) is 5.91 Å². The van der Waals surface area contributed by atoms with E-state index >= 15 is 0 Å². The van der Waals surface area contributed by atoms with Crippen molar-refractivity contribution in [3.8, 4) is 11.8 Å². The zero-order chi connectivity index (χ0) is 30.8. The molecule has 0 atom stereocenters. The molecule has 232 valence electrons. The summed E-state index contributed by atoms with van der Waals surface area (Å²) in [7, 11) is 0. The number of benzene rings is 1. The van der Waals surface area contributed by atoms with Crippen molar-refractivity contribution in [1.29, 1.82) is 5.26 Å². The molecule has 5 rings (SSSR count). The monoisotopic (exact) mass is 609 g/mol. The van der Waals surface area contributed by atoms with E-state index in [1.165, 1.54) is 0 Å². The van der Waals surface area contributed by atoms with Crippen molar-refractivity contribution in [2.45, 2.75) is 65.2 Å². The Morgan fingerprint density at radius 2 is 1.65 bits per heavy atom. The Morgan fingerprint density at radius 3 is 2.23 bits per heavy atom. The molecular weight excluding hydrogens is 566 g/mol. The van der Waals surface area contributed by atoms with Crippen LogP contribution in [0.4, 0.5) is 5.95 Å². The number of carbonyl (C=O) groups is 1. The average molecular weight is 610 g/mol. The minimum atomic E-state index is -0.351. The number of likely N-dealkylation sites (tertiary alicyclic amines) is 1. The predicted octanol–water partition coefficient (Wildman–Crippen LogP) is 3.58. The maximum atomic E-state index is 13.2. The topological polar surface area (TPSA) is 118 Å². The first-order valence-corrected chi connectivity index (χ1v) is 15.7. The predicted molar refractivity (Wildman–Crippen MR) is 166 cm³/mol. The number of ether oxygens (including phenoxy) is 1. The SMILES string of the molecule is CC1(C)C(NC(=O)c2cnc(N3CCN(CCCN4CCC(O)CC4)CC3)nc2)C(C)(C)C1Oc1ccc(C#N)c(Cl)c1. The highest BCUT2D eigenvalue weighted by molar-refractivity contribution is 6.31. The summed E-state index contributed by atoms with van der Waals surface area (Å²) in [4.78, 5) is 29.5. The second kappa shape index (κ2) is 12.9. The van der Waals surface area contributed by atoms with Gasteiger partial charge in [-0.15, -0.1) is 0 Å². The van der Waals surface area contributed by atoms with Crippen molar-refractivity contribution >= 4 is 23.5 Å². The maximum Gasteiger partial charge on any atom is 0.254 e. The van der Waals surface area contributed by atoms with Crippen molar-refractivity contribution in [3.05, 3.63) is 46.7 Å². The standard InChI is InChI=1S/C32H44ClN7O3/c1-31(2)28(32(3,4)29(31)43-25-7-6-22(19-34)26(33)18-25)37-27(42)23-20-35-30(36-21-23)40-16-14-39(15-17-40)11-5-10-38-12-8-24(41)9-13-38/h6-7,18,20-21,24,28-29,41H,5,8-17H2,1-4H3,(H,37,42). The van der Waals surface area contributed by atoms with Crippen molar-refractivity contribution in [2.75, 3.05) is 57.3 Å². The van der Waals surface area contributed by atoms with Crippen LogP contribution in [0.3, 0.4) is 0 Å². The van der Waals surface area contributed by atoms with Crippen molar-refractivity contribution in [2.24, 2.45) is 10.8 Å². The van der Waals surface area contributed by atoms with Gasteiger partial charge in [-0.3, -0.25) is 9.69 Å². The molecule has 2 N–H and O–H groups in total. The summed E-state index contributed by atoms with van der Waals surface area (Å²) in [5, 5.41) is 22.4. The molecule has 1 aliphatic carbocycles. The third-order valence-corrected chi connectivity index (χ3v) is 9.80. The number of anilines is 1. The largest absolute Gasteiger partial charge is 0.489 e. The number of hydrogen-bond donors (Lipinski definition) is 2. The van der Waals surface area contributed by atoms with Crippen LogP contribution in [0.2, 0.25) is 5.02 Å². The molecule has 2 aliphatic heterocycles. The number of aromatic nitrogens is 2. The molecule has 0 spiro atoms. The fourth-order valence-corrected chi connectivity index (χ4v) is 7.46. The van der Waals surface area contributed by atoms with E-state index in [4.69, 9.17) is 21.6 Å². The van der Waals surface area contributed by atoms with E-state index in [1.54, 1.807) is 30.6 Å². The first-order valence-electron chi connectivity index (χ1n) is 15.4. The maximum absolute atomic E-state index is 13.2. The van der Waals surface area contributed by atoms with Gasteiger partial charge in [-0.05, 0) is 44.5 Å². The van der Waals surface area contributed by atoms with Crippen molar-refractivity contribution < 1.29 is 14.6 Å². The lowest BCUT2D eigenvalue weighted by Crippen LogP contribution is -2.74. The summed E-state index contributed by atoms with van der Waals surface area (Å²) in [5.74, 6) is 1.05. The number of hydrogen-bond acceptors (Lipinski definition) is 9. The molecule has 11 heteroatoms. The van der Waals surface area contributed by atoms with Crippen LogP contribution in [0, 0.1) is 22.2 Å². The molecule has 0 unspecified atom stereocenters. The average Bonchev–Trinajstić information content (AvgIpc) is 3.00. The Labute approximate surface area is 260 Å². The summed E-state index contributed by atoms with van der Waals surface area (Å²) >= 11 is 6.21. The number of rotatable bonds is 9. The van der Waals surface area contributed by atoms with E-state index in [-0.39, 0.29) is 35.0 Å². The van der Waals surface area contributed by atoms with E-state index in [0.717, 1.165) is 71.6 Å². The van der Waals surface area contributed by atoms with Crippen LogP contribution in [0.25, 0.3) is 0 Å². The number of piperazine rings is 1. The Morgan fingerprint density at radius 1 is 1.05 bits per heavy atom. The van der Waals surface area contributed by atoms with Crippen LogP contribution >= 0.6 is 11.6 Å². The lowest BCUT2D eigenvalue weighted by molar-refractivity contribution is -0.164. The Kier molecular flexibility index (Phi) is 9.47. The van der Waals surface area contributed by atoms with Gasteiger partial charge in [0.1, 0.15) is 17.9 Å². The molecule has 2 aromatic rings. The first kappa shape index (κ1) is 31.5. The molecule has 3 fully saturated rings. The van der Waals surface area contributed by atoms with Gasteiger partial charge in [0.15, 0.2) is 0 Å². The van der Waals surface area contributed by atoms with E-state index in [0.29, 0.717) is 27.8 Å². The Bertz CT molecular complexity index is 1300. The molecule has 10 nitrogen and oxygen atoms in total. The number of aliphatic hydroxyl groups is 1. The summed E-state index contributed by atoms with van der Waals surface area (Å²) < 4.78 is 6.33. The van der Waals surface area contributed by atoms with E-state index in [9.17, 15) is 9.90 Å². The Hall–Kier alpha value is -2.97. The fourth-order valence-electron chi connectivity index (χ4n) is 7.24. The molecule has 0 bridgehead atoms. The van der Waals surface area contributed by atoms with Gasteiger partial charge in [0.2, 0.25) is 5.95 Å². The third-order valence-electron chi connectivity index (χ3n) is 9.49. The summed E-state index contributed by atoms with van der Waals surface area (Å²) in [6.07, 6.45) is 5.86. The smallest absolute Gasteiger partial charge is 0.254 e. The highest BCUT2D eigenvalue weighted by atomic mass is 35.5. The zero-order valence-corrected chi connectivity index (χ0v) is 26.5. The summed E-state index contributed by atoms with van der Waals surface area (Å²) in [6, 6.07) is 7.01. The van der Waals surface area contributed by atoms with Gasteiger partial charge < -0.3 is 25.0 Å². The summed E-state index contributed by atoms with van der Waals surface area (Å²) in [5.41, 5.74) is 0.137. The summed E-state index contributed by atoms with van der Waals surface area (Å²) in [6.45, 7) is 16.1. The number of halogens is 1. The van der Waals surface area contributed by atoms with Crippen LogP contribution in [0.15, 0.2) is 30.6 Å². The van der Waals surface area contributed by atoms with Crippen LogP contribution < -0.4 is 15.0 Å². The zero-order valence-electron chi connectivity index (χ0n) is 25.7. The number of nitrogens with zero attached hydrogens (tertiary/aromatic N) is 6. The van der Waals surface area contributed by atoms with Gasteiger partial charge in [-0.2, -0.15) is 5.26 Å². The van der Waals surface area contributed by atoms with E-state index in [2.05, 4.69) is 63.7 Å². The van der Waals surface area contributed by atoms with Gasteiger partial charge in [-0.1, -0.05) is 39.3 Å². The van der Waals surface area contributed by atoms with E-state index < -0.39 is 0 Å².